The molecule has 0 aliphatic heterocycles. The Bertz CT molecular complexity index is 158. The normalized spacial score (nSPS) is 25.8. The molecule has 0 atom stereocenters. The number of rotatable bonds is 3. The van der Waals surface area contributed by atoms with E-state index >= 15 is 0 Å². The molecule has 0 heterocycles. The van der Waals surface area contributed by atoms with Gasteiger partial charge in [0.25, 0.3) is 0 Å². The fraction of sp³-hybridized carbons (Fsp3) is 1.00. The van der Waals surface area contributed by atoms with Crippen LogP contribution in [0.1, 0.15) is 51.9 Å². The van der Waals surface area contributed by atoms with Gasteiger partial charge < -0.3 is 5.73 Å². The Morgan fingerprint density at radius 1 is 1.15 bits per heavy atom. The van der Waals surface area contributed by atoms with Crippen LogP contribution in [-0.4, -0.2) is 11.5 Å². The molecule has 1 fully saturated rings. The molecule has 3 heteroatoms. The van der Waals surface area contributed by atoms with Crippen molar-refractivity contribution in [2.45, 2.75) is 63.3 Å². The third-order valence-corrected chi connectivity index (χ3v) is 3.01. The summed E-state index contributed by atoms with van der Waals surface area (Å²) in [6.45, 7) is 2.10. The summed E-state index contributed by atoms with van der Waals surface area (Å²) < 4.78 is 25.6. The summed E-state index contributed by atoms with van der Waals surface area (Å²) in [5.41, 5.74) is 5.74. The highest BCUT2D eigenvalue weighted by Crippen LogP contribution is 2.39. The van der Waals surface area contributed by atoms with Crippen LogP contribution in [0.15, 0.2) is 0 Å². The predicted octanol–water partition coefficient (Wildman–Crippen LogP) is 3.08. The van der Waals surface area contributed by atoms with Crippen LogP contribution in [0.2, 0.25) is 0 Å². The van der Waals surface area contributed by atoms with Crippen LogP contribution in [0.3, 0.4) is 0 Å². The lowest BCUT2D eigenvalue weighted by atomic mass is 9.77. The zero-order chi connectivity index (χ0) is 9.95. The maximum atomic E-state index is 12.8. The molecule has 1 nitrogen and oxygen atoms in total. The quantitative estimate of drug-likeness (QED) is 0.728. The lowest BCUT2D eigenvalue weighted by molar-refractivity contribution is -0.0517. The molecule has 1 rings (SSSR count). The average molecular weight is 191 g/mol. The molecule has 0 unspecified atom stereocenters. The number of alkyl halides is 2. The van der Waals surface area contributed by atoms with Gasteiger partial charge >= 0.3 is 0 Å². The topological polar surface area (TPSA) is 26.0 Å². The van der Waals surface area contributed by atoms with E-state index in [1.54, 1.807) is 0 Å². The van der Waals surface area contributed by atoms with Crippen LogP contribution in [0.25, 0.3) is 0 Å². The van der Waals surface area contributed by atoms with Gasteiger partial charge in [-0.3, -0.25) is 0 Å². The lowest BCUT2D eigenvalue weighted by Gasteiger charge is -2.37. The number of nitrogens with two attached hydrogens (primary N) is 1. The summed E-state index contributed by atoms with van der Waals surface area (Å²) in [6, 6.07) is 0. The maximum Gasteiger partial charge on any atom is 0.248 e. The van der Waals surface area contributed by atoms with Crippen LogP contribution in [0.5, 0.6) is 0 Å². The van der Waals surface area contributed by atoms with Crippen molar-refractivity contribution in [1.82, 2.24) is 0 Å². The Hall–Kier alpha value is -0.180. The average Bonchev–Trinajstić information content (AvgIpc) is 2.08. The monoisotopic (exact) mass is 191 g/mol. The third kappa shape index (κ3) is 3.22. The smallest absolute Gasteiger partial charge is 0.248 e. The van der Waals surface area contributed by atoms with E-state index in [1.165, 1.54) is 0 Å². The summed E-state index contributed by atoms with van der Waals surface area (Å²) in [5, 5.41) is 0. The Morgan fingerprint density at radius 2 is 1.69 bits per heavy atom. The second kappa shape index (κ2) is 3.91. The summed E-state index contributed by atoms with van der Waals surface area (Å²) in [4.78, 5) is 0. The molecule has 0 amide bonds. The Morgan fingerprint density at radius 3 is 2.15 bits per heavy atom. The first-order chi connectivity index (χ1) is 5.97. The van der Waals surface area contributed by atoms with Crippen LogP contribution in [-0.2, 0) is 0 Å². The maximum absolute atomic E-state index is 12.8. The van der Waals surface area contributed by atoms with Crippen molar-refractivity contribution in [3.05, 3.63) is 0 Å². The van der Waals surface area contributed by atoms with Crippen molar-refractivity contribution in [3.63, 3.8) is 0 Å². The molecule has 1 aliphatic rings. The van der Waals surface area contributed by atoms with Crippen molar-refractivity contribution in [2.24, 2.45) is 5.73 Å². The van der Waals surface area contributed by atoms with Crippen molar-refractivity contribution in [3.8, 4) is 0 Å². The van der Waals surface area contributed by atoms with E-state index in [4.69, 9.17) is 5.73 Å². The molecular weight excluding hydrogens is 172 g/mol. The molecule has 0 spiro atoms. The van der Waals surface area contributed by atoms with Gasteiger partial charge in [-0.25, -0.2) is 8.78 Å². The molecule has 1 aliphatic carbocycles. The van der Waals surface area contributed by atoms with Gasteiger partial charge in [0, 0.05) is 18.4 Å². The van der Waals surface area contributed by atoms with E-state index < -0.39 is 5.92 Å². The second-order valence-corrected chi connectivity index (χ2v) is 4.32. The first kappa shape index (κ1) is 10.9. The fourth-order valence-corrected chi connectivity index (χ4v) is 1.89. The molecule has 2 N–H and O–H groups in total. The molecule has 0 radical (unpaired) electrons. The molecule has 0 aromatic carbocycles. The summed E-state index contributed by atoms with van der Waals surface area (Å²) >= 11 is 0. The van der Waals surface area contributed by atoms with Crippen LogP contribution in [0, 0.1) is 0 Å². The number of unbranched alkanes of at least 4 members (excludes halogenated alkanes) is 1. The highest BCUT2D eigenvalue weighted by atomic mass is 19.3. The number of hydrogen-bond donors (Lipinski definition) is 1. The molecular formula is C10H19F2N. The number of hydrogen-bond acceptors (Lipinski definition) is 1. The van der Waals surface area contributed by atoms with Gasteiger partial charge in [0.15, 0.2) is 0 Å². The van der Waals surface area contributed by atoms with Crippen molar-refractivity contribution < 1.29 is 8.78 Å². The van der Waals surface area contributed by atoms with Crippen LogP contribution < -0.4 is 5.73 Å². The standard InChI is InChI=1S/C10H19F2N/c1-2-3-4-9(13)5-7-10(11,12)8-6-9/h2-8,13H2,1H3. The van der Waals surface area contributed by atoms with Crippen molar-refractivity contribution >= 4 is 0 Å². The first-order valence-corrected chi connectivity index (χ1v) is 5.14. The first-order valence-electron chi connectivity index (χ1n) is 5.14. The van der Waals surface area contributed by atoms with Gasteiger partial charge in [-0.1, -0.05) is 19.8 Å². The van der Waals surface area contributed by atoms with E-state index in [2.05, 4.69) is 6.92 Å². The third-order valence-electron chi connectivity index (χ3n) is 3.01. The minimum atomic E-state index is -2.45. The SMILES string of the molecule is CCCCC1(N)CCC(F)(F)CC1. The minimum absolute atomic E-state index is 0.0206. The second-order valence-electron chi connectivity index (χ2n) is 4.32. The predicted molar refractivity (Wildman–Crippen MR) is 49.9 cm³/mol. The van der Waals surface area contributed by atoms with Crippen molar-refractivity contribution in [1.29, 1.82) is 0 Å². The van der Waals surface area contributed by atoms with Gasteiger partial charge in [-0.2, -0.15) is 0 Å². The molecule has 0 aromatic heterocycles. The molecule has 0 saturated heterocycles. The van der Waals surface area contributed by atoms with Crippen LogP contribution >= 0.6 is 0 Å². The van der Waals surface area contributed by atoms with Gasteiger partial charge in [-0.05, 0) is 19.3 Å². The Balaban J connectivity index is 2.37. The van der Waals surface area contributed by atoms with Gasteiger partial charge in [0.05, 0.1) is 0 Å². The highest BCUT2D eigenvalue weighted by Gasteiger charge is 2.40. The number of halogens is 2. The summed E-state index contributed by atoms with van der Waals surface area (Å²) in [6.07, 6.45) is 3.98. The minimum Gasteiger partial charge on any atom is -0.325 e. The molecule has 0 bridgehead atoms. The summed E-state index contributed by atoms with van der Waals surface area (Å²) in [5.74, 6) is -2.45. The van der Waals surface area contributed by atoms with E-state index in [0.29, 0.717) is 12.8 Å². The van der Waals surface area contributed by atoms with Gasteiger partial charge in [0.2, 0.25) is 5.92 Å². The largest absolute Gasteiger partial charge is 0.325 e. The Labute approximate surface area is 78.7 Å². The summed E-state index contributed by atoms with van der Waals surface area (Å²) in [7, 11) is 0. The lowest BCUT2D eigenvalue weighted by Crippen LogP contribution is -2.45. The Kier molecular flexibility index (Phi) is 3.28. The van der Waals surface area contributed by atoms with E-state index in [9.17, 15) is 8.78 Å². The molecule has 13 heavy (non-hydrogen) atoms. The fourth-order valence-electron chi connectivity index (χ4n) is 1.89. The molecule has 78 valence electrons. The van der Waals surface area contributed by atoms with Crippen molar-refractivity contribution in [2.75, 3.05) is 0 Å². The highest BCUT2D eigenvalue weighted by molar-refractivity contribution is 4.92. The molecule has 0 aromatic rings. The van der Waals surface area contributed by atoms with E-state index in [0.717, 1.165) is 19.3 Å². The van der Waals surface area contributed by atoms with Gasteiger partial charge in [0.1, 0.15) is 0 Å². The van der Waals surface area contributed by atoms with E-state index in [1.807, 2.05) is 0 Å². The molecule has 1 saturated carbocycles. The van der Waals surface area contributed by atoms with Gasteiger partial charge in [-0.15, -0.1) is 0 Å². The van der Waals surface area contributed by atoms with E-state index in [-0.39, 0.29) is 18.4 Å². The zero-order valence-corrected chi connectivity index (χ0v) is 8.28. The zero-order valence-electron chi connectivity index (χ0n) is 8.28. The van der Waals surface area contributed by atoms with Crippen LogP contribution in [0.4, 0.5) is 8.78 Å².